The monoisotopic (exact) mass is 330 g/mol. The van der Waals surface area contributed by atoms with Crippen LogP contribution in [0.4, 0.5) is 0 Å². The fraction of sp³-hybridized carbons (Fsp3) is 1.00. The zero-order chi connectivity index (χ0) is 16.9. The van der Waals surface area contributed by atoms with E-state index < -0.39 is 0 Å². The van der Waals surface area contributed by atoms with Crippen molar-refractivity contribution in [2.45, 2.75) is 105 Å². The molecule has 0 amide bonds. The highest BCUT2D eigenvalue weighted by Gasteiger charge is 2.53. The summed E-state index contributed by atoms with van der Waals surface area (Å²) in [5.74, 6) is 6.30. The van der Waals surface area contributed by atoms with E-state index >= 15 is 0 Å². The molecule has 0 bridgehead atoms. The van der Waals surface area contributed by atoms with Gasteiger partial charge in [-0.1, -0.05) is 47.0 Å². The van der Waals surface area contributed by atoms with E-state index in [0.717, 1.165) is 46.3 Å². The van der Waals surface area contributed by atoms with Crippen molar-refractivity contribution >= 4 is 0 Å². The summed E-state index contributed by atoms with van der Waals surface area (Å²) in [6.07, 6.45) is 18.4. The third kappa shape index (κ3) is 3.59. The van der Waals surface area contributed by atoms with Gasteiger partial charge in [0, 0.05) is 0 Å². The highest BCUT2D eigenvalue weighted by Crippen LogP contribution is 2.63. The molecule has 0 aromatic carbocycles. The molecule has 138 valence electrons. The summed E-state index contributed by atoms with van der Waals surface area (Å²) in [4.78, 5) is 0. The van der Waals surface area contributed by atoms with Gasteiger partial charge in [-0.15, -0.1) is 0 Å². The first kappa shape index (κ1) is 17.4. The molecule has 0 nitrogen and oxygen atoms in total. The molecule has 0 saturated heterocycles. The molecule has 0 radical (unpaired) electrons. The second kappa shape index (κ2) is 6.31. The fourth-order valence-corrected chi connectivity index (χ4v) is 6.89. The van der Waals surface area contributed by atoms with Crippen LogP contribution in [0, 0.1) is 46.3 Å². The van der Waals surface area contributed by atoms with Gasteiger partial charge < -0.3 is 0 Å². The first-order valence-corrected chi connectivity index (χ1v) is 11.4. The Morgan fingerprint density at radius 3 is 2.25 bits per heavy atom. The average Bonchev–Trinajstić information content (AvgIpc) is 3.39. The highest BCUT2D eigenvalue weighted by molar-refractivity contribution is 5.03. The smallest absolute Gasteiger partial charge is 0.0294 e. The first-order valence-electron chi connectivity index (χ1n) is 11.4. The first-order chi connectivity index (χ1) is 11.4. The van der Waals surface area contributed by atoms with Gasteiger partial charge in [0.15, 0.2) is 0 Å². The van der Waals surface area contributed by atoms with Gasteiger partial charge in [0.25, 0.3) is 0 Å². The topological polar surface area (TPSA) is 0 Å². The van der Waals surface area contributed by atoms with Gasteiger partial charge in [-0.05, 0) is 104 Å². The molecule has 4 aliphatic carbocycles. The van der Waals surface area contributed by atoms with Gasteiger partial charge in [0.1, 0.15) is 0 Å². The van der Waals surface area contributed by atoms with E-state index in [0.29, 0.717) is 0 Å². The Bertz CT molecular complexity index is 453. The van der Waals surface area contributed by atoms with Gasteiger partial charge in [-0.25, -0.2) is 0 Å². The molecule has 4 saturated carbocycles. The Morgan fingerprint density at radius 1 is 0.917 bits per heavy atom. The van der Waals surface area contributed by atoms with E-state index in [1.807, 2.05) is 0 Å². The Balaban J connectivity index is 1.12. The predicted octanol–water partition coefficient (Wildman–Crippen LogP) is 7.47. The Kier molecular flexibility index (Phi) is 4.58. The molecule has 0 aromatic heterocycles. The van der Waals surface area contributed by atoms with Crippen molar-refractivity contribution in [3.63, 3.8) is 0 Å². The minimum Gasteiger partial charge on any atom is -0.0625 e. The summed E-state index contributed by atoms with van der Waals surface area (Å²) >= 11 is 0. The average molecular weight is 331 g/mol. The molecule has 4 aliphatic rings. The summed E-state index contributed by atoms with van der Waals surface area (Å²) in [7, 11) is 0. The van der Waals surface area contributed by atoms with E-state index in [2.05, 4.69) is 27.7 Å². The summed E-state index contributed by atoms with van der Waals surface area (Å²) in [5.41, 5.74) is 1.59. The van der Waals surface area contributed by atoms with Crippen molar-refractivity contribution in [3.8, 4) is 0 Å². The SMILES string of the molecule is CC(CCCC1CCC2(C)CC2C1)CC(C)C1CCC2(C)CC2C1. The molecule has 8 atom stereocenters. The van der Waals surface area contributed by atoms with Crippen LogP contribution in [0.5, 0.6) is 0 Å². The molecular weight excluding hydrogens is 288 g/mol. The normalized spacial score (nSPS) is 49.0. The Morgan fingerprint density at radius 2 is 1.58 bits per heavy atom. The lowest BCUT2D eigenvalue weighted by Gasteiger charge is -2.32. The Hall–Kier alpha value is 0. The zero-order valence-electron chi connectivity index (χ0n) is 16.9. The van der Waals surface area contributed by atoms with Crippen LogP contribution in [-0.4, -0.2) is 0 Å². The maximum absolute atomic E-state index is 2.57. The summed E-state index contributed by atoms with van der Waals surface area (Å²) < 4.78 is 0. The fourth-order valence-electron chi connectivity index (χ4n) is 6.89. The van der Waals surface area contributed by atoms with Gasteiger partial charge in [-0.3, -0.25) is 0 Å². The molecule has 0 spiro atoms. The molecule has 0 aliphatic heterocycles. The second-order valence-electron chi connectivity index (χ2n) is 11.5. The van der Waals surface area contributed by atoms with Crippen LogP contribution in [-0.2, 0) is 0 Å². The maximum Gasteiger partial charge on any atom is -0.0294 e. The van der Waals surface area contributed by atoms with Crippen molar-refractivity contribution in [1.82, 2.24) is 0 Å². The van der Waals surface area contributed by atoms with Crippen molar-refractivity contribution in [3.05, 3.63) is 0 Å². The number of fused-ring (bicyclic) bond motifs is 2. The lowest BCUT2D eigenvalue weighted by molar-refractivity contribution is 0.189. The van der Waals surface area contributed by atoms with E-state index in [9.17, 15) is 0 Å². The molecule has 0 N–H and O–H groups in total. The quantitative estimate of drug-likeness (QED) is 0.454. The van der Waals surface area contributed by atoms with Crippen molar-refractivity contribution < 1.29 is 0 Å². The van der Waals surface area contributed by atoms with Crippen LogP contribution in [0.25, 0.3) is 0 Å². The summed E-state index contributed by atoms with van der Waals surface area (Å²) in [5, 5.41) is 0. The van der Waals surface area contributed by atoms with E-state index in [-0.39, 0.29) is 0 Å². The minimum atomic E-state index is 0.791. The molecular formula is C24H42. The lowest BCUT2D eigenvalue weighted by atomic mass is 9.74. The van der Waals surface area contributed by atoms with Crippen LogP contribution in [0.1, 0.15) is 105 Å². The van der Waals surface area contributed by atoms with Gasteiger partial charge in [0.05, 0.1) is 0 Å². The van der Waals surface area contributed by atoms with Crippen molar-refractivity contribution in [1.29, 1.82) is 0 Å². The molecule has 0 heterocycles. The van der Waals surface area contributed by atoms with Crippen LogP contribution in [0.15, 0.2) is 0 Å². The predicted molar refractivity (Wildman–Crippen MR) is 104 cm³/mol. The summed E-state index contributed by atoms with van der Waals surface area (Å²) in [6, 6.07) is 0. The van der Waals surface area contributed by atoms with Gasteiger partial charge >= 0.3 is 0 Å². The third-order valence-corrected chi connectivity index (χ3v) is 9.38. The van der Waals surface area contributed by atoms with Gasteiger partial charge in [0.2, 0.25) is 0 Å². The Labute approximate surface area is 151 Å². The molecule has 8 unspecified atom stereocenters. The van der Waals surface area contributed by atoms with Crippen LogP contribution in [0.2, 0.25) is 0 Å². The molecule has 0 aromatic rings. The summed E-state index contributed by atoms with van der Waals surface area (Å²) in [6.45, 7) is 10.2. The van der Waals surface area contributed by atoms with Crippen molar-refractivity contribution in [2.24, 2.45) is 46.3 Å². The largest absolute Gasteiger partial charge is 0.0625 e. The molecule has 4 fully saturated rings. The van der Waals surface area contributed by atoms with E-state index in [1.165, 1.54) is 44.9 Å². The van der Waals surface area contributed by atoms with E-state index in [4.69, 9.17) is 0 Å². The second-order valence-corrected chi connectivity index (χ2v) is 11.5. The van der Waals surface area contributed by atoms with Gasteiger partial charge in [-0.2, -0.15) is 0 Å². The lowest BCUT2D eigenvalue weighted by Crippen LogP contribution is -2.21. The number of hydrogen-bond acceptors (Lipinski definition) is 0. The van der Waals surface area contributed by atoms with Crippen LogP contribution < -0.4 is 0 Å². The molecule has 24 heavy (non-hydrogen) atoms. The van der Waals surface area contributed by atoms with Crippen LogP contribution >= 0.6 is 0 Å². The van der Waals surface area contributed by atoms with Crippen LogP contribution in [0.3, 0.4) is 0 Å². The minimum absolute atomic E-state index is 0.791. The van der Waals surface area contributed by atoms with E-state index in [1.54, 1.807) is 32.1 Å². The standard InChI is InChI=1S/C24H42/c1-17(6-5-7-19-8-10-23(3)15-21(23)13-19)12-18(2)20-9-11-24(4)16-22(24)14-20/h17-22H,5-16H2,1-4H3. The third-order valence-electron chi connectivity index (χ3n) is 9.38. The highest BCUT2D eigenvalue weighted by atomic mass is 14.6. The number of hydrogen-bond donors (Lipinski definition) is 0. The zero-order valence-corrected chi connectivity index (χ0v) is 16.9. The number of rotatable bonds is 7. The van der Waals surface area contributed by atoms with Crippen molar-refractivity contribution in [2.75, 3.05) is 0 Å². The maximum atomic E-state index is 2.57. The molecule has 0 heteroatoms. The molecule has 4 rings (SSSR count).